The van der Waals surface area contributed by atoms with Gasteiger partial charge in [0, 0.05) is 13.1 Å². The fourth-order valence-corrected chi connectivity index (χ4v) is 2.01. The van der Waals surface area contributed by atoms with Gasteiger partial charge in [0.1, 0.15) is 0 Å². The van der Waals surface area contributed by atoms with Crippen LogP contribution in [-0.4, -0.2) is 49.3 Å². The predicted octanol–water partition coefficient (Wildman–Crippen LogP) is 1.99. The summed E-state index contributed by atoms with van der Waals surface area (Å²) in [6.45, 7) is 1.77. The first-order valence-electron chi connectivity index (χ1n) is 7.14. The molecule has 0 fully saturated rings. The lowest BCUT2D eigenvalue weighted by molar-refractivity contribution is -0.137. The molecule has 8 heteroatoms. The monoisotopic (exact) mass is 333 g/mol. The number of halogens is 3. The van der Waals surface area contributed by atoms with Gasteiger partial charge in [0.15, 0.2) is 0 Å². The predicted molar refractivity (Wildman–Crippen MR) is 81.0 cm³/mol. The van der Waals surface area contributed by atoms with Gasteiger partial charge in [-0.25, -0.2) is 4.79 Å². The van der Waals surface area contributed by atoms with Crippen LogP contribution >= 0.6 is 0 Å². The summed E-state index contributed by atoms with van der Waals surface area (Å²) in [6, 6.07) is 4.15. The number of nitrogens with one attached hydrogen (secondary N) is 2. The molecule has 0 aliphatic heterocycles. The number of rotatable bonds is 6. The Balaban J connectivity index is 2.78. The first kappa shape index (κ1) is 19.2. The van der Waals surface area contributed by atoms with Crippen LogP contribution in [0.4, 0.5) is 18.0 Å². The molecule has 5 nitrogen and oxygen atoms in total. The minimum absolute atomic E-state index is 0.0992. The minimum Gasteiger partial charge on any atom is -0.392 e. The van der Waals surface area contributed by atoms with Crippen LogP contribution in [0.25, 0.3) is 0 Å². The fourth-order valence-electron chi connectivity index (χ4n) is 2.01. The van der Waals surface area contributed by atoms with Crippen LogP contribution in [0.5, 0.6) is 0 Å². The van der Waals surface area contributed by atoms with Crippen molar-refractivity contribution in [3.8, 4) is 0 Å². The summed E-state index contributed by atoms with van der Waals surface area (Å²) in [5.41, 5.74) is -0.263. The Bertz CT molecular complexity index is 519. The van der Waals surface area contributed by atoms with Gasteiger partial charge in [-0.2, -0.15) is 13.2 Å². The molecule has 1 unspecified atom stereocenters. The van der Waals surface area contributed by atoms with E-state index in [1.165, 1.54) is 13.0 Å². The maximum Gasteiger partial charge on any atom is 0.416 e. The smallest absolute Gasteiger partial charge is 0.392 e. The summed E-state index contributed by atoms with van der Waals surface area (Å²) in [5, 5.41) is 14.2. The Labute approximate surface area is 133 Å². The van der Waals surface area contributed by atoms with Crippen molar-refractivity contribution in [1.29, 1.82) is 0 Å². The molecule has 0 spiro atoms. The second-order valence-corrected chi connectivity index (χ2v) is 5.54. The molecule has 1 rings (SSSR count). The third-order valence-corrected chi connectivity index (χ3v) is 3.24. The molecule has 0 heterocycles. The average Bonchev–Trinajstić information content (AvgIpc) is 2.44. The van der Waals surface area contributed by atoms with Crippen molar-refractivity contribution in [2.24, 2.45) is 0 Å². The molecule has 0 bridgehead atoms. The molecule has 0 saturated heterocycles. The molecule has 2 amide bonds. The van der Waals surface area contributed by atoms with E-state index < -0.39 is 29.9 Å². The largest absolute Gasteiger partial charge is 0.416 e. The molecular formula is C15H22F3N3O2. The van der Waals surface area contributed by atoms with E-state index in [2.05, 4.69) is 10.6 Å². The number of urea groups is 1. The van der Waals surface area contributed by atoms with Crippen molar-refractivity contribution < 1.29 is 23.1 Å². The Morgan fingerprint density at radius 3 is 2.39 bits per heavy atom. The van der Waals surface area contributed by atoms with E-state index >= 15 is 0 Å². The van der Waals surface area contributed by atoms with E-state index in [1.54, 1.807) is 25.1 Å². The van der Waals surface area contributed by atoms with Gasteiger partial charge in [-0.1, -0.05) is 12.1 Å². The molecule has 0 aliphatic carbocycles. The van der Waals surface area contributed by atoms with E-state index in [4.69, 9.17) is 5.11 Å². The Hall–Kier alpha value is -1.80. The summed E-state index contributed by atoms with van der Waals surface area (Å²) in [6.07, 6.45) is -5.08. The van der Waals surface area contributed by atoms with Crippen LogP contribution < -0.4 is 10.6 Å². The fraction of sp³-hybridized carbons (Fsp3) is 0.533. The van der Waals surface area contributed by atoms with E-state index in [1.807, 2.05) is 0 Å². The Morgan fingerprint density at radius 1 is 1.26 bits per heavy atom. The van der Waals surface area contributed by atoms with Crippen molar-refractivity contribution >= 4 is 6.03 Å². The lowest BCUT2D eigenvalue weighted by Crippen LogP contribution is -2.42. The molecule has 0 aliphatic rings. The molecular weight excluding hydrogens is 311 g/mol. The number of hydrogen-bond donors (Lipinski definition) is 3. The van der Waals surface area contributed by atoms with Gasteiger partial charge in [-0.05, 0) is 38.7 Å². The van der Waals surface area contributed by atoms with Crippen LogP contribution in [0.2, 0.25) is 0 Å². The highest BCUT2D eigenvalue weighted by Crippen LogP contribution is 2.31. The number of carbonyl (C=O) groups excluding carboxylic acids is 1. The molecule has 23 heavy (non-hydrogen) atoms. The molecule has 130 valence electrons. The number of aliphatic hydroxyl groups excluding tert-OH is 1. The maximum atomic E-state index is 12.8. The number of hydrogen-bond acceptors (Lipinski definition) is 3. The van der Waals surface area contributed by atoms with Gasteiger partial charge < -0.3 is 20.6 Å². The standard InChI is InChI=1S/C15H22F3N3O2/c1-10(22)8-19-14(23)20-9-13(21(2)3)11-5-4-6-12(7-11)15(16,17)18/h4-7,10,13,22H,8-9H2,1-3H3,(H2,19,20,23)/t10-,13?/m1/s1. The zero-order valence-electron chi connectivity index (χ0n) is 13.3. The van der Waals surface area contributed by atoms with Gasteiger partial charge in [0.25, 0.3) is 0 Å². The molecule has 0 radical (unpaired) electrons. The maximum absolute atomic E-state index is 12.8. The second-order valence-electron chi connectivity index (χ2n) is 5.54. The van der Waals surface area contributed by atoms with Crippen LogP contribution in [0, 0.1) is 0 Å². The lowest BCUT2D eigenvalue weighted by Gasteiger charge is -2.26. The summed E-state index contributed by atoms with van der Waals surface area (Å²) in [7, 11) is 3.45. The van der Waals surface area contributed by atoms with Crippen LogP contribution in [0.3, 0.4) is 0 Å². The SMILES string of the molecule is C[C@@H](O)CNC(=O)NCC(c1cccc(C(F)(F)F)c1)N(C)C. The van der Waals surface area contributed by atoms with Crippen LogP contribution in [0.15, 0.2) is 24.3 Å². The van der Waals surface area contributed by atoms with Gasteiger partial charge in [0.05, 0.1) is 17.7 Å². The minimum atomic E-state index is -4.41. The van der Waals surface area contributed by atoms with Crippen molar-refractivity contribution in [2.45, 2.75) is 25.2 Å². The molecule has 0 saturated carbocycles. The molecule has 2 atom stereocenters. The van der Waals surface area contributed by atoms with E-state index in [-0.39, 0.29) is 13.1 Å². The van der Waals surface area contributed by atoms with Crippen molar-refractivity contribution in [1.82, 2.24) is 15.5 Å². The van der Waals surface area contributed by atoms with Crippen LogP contribution in [-0.2, 0) is 6.18 Å². The van der Waals surface area contributed by atoms with Gasteiger partial charge in [0.2, 0.25) is 0 Å². The summed E-state index contributed by atoms with van der Waals surface area (Å²) >= 11 is 0. The van der Waals surface area contributed by atoms with Crippen molar-refractivity contribution in [3.05, 3.63) is 35.4 Å². The average molecular weight is 333 g/mol. The number of alkyl halides is 3. The molecule has 1 aromatic carbocycles. The summed E-state index contributed by atoms with van der Waals surface area (Å²) in [5.74, 6) is 0. The van der Waals surface area contributed by atoms with E-state index in [0.29, 0.717) is 5.56 Å². The highest BCUT2D eigenvalue weighted by molar-refractivity contribution is 5.73. The van der Waals surface area contributed by atoms with Gasteiger partial charge >= 0.3 is 12.2 Å². The zero-order valence-corrected chi connectivity index (χ0v) is 13.3. The molecule has 3 N–H and O–H groups in total. The summed E-state index contributed by atoms with van der Waals surface area (Å²) < 4.78 is 38.4. The first-order chi connectivity index (χ1) is 10.6. The highest BCUT2D eigenvalue weighted by atomic mass is 19.4. The molecule has 0 aromatic heterocycles. The van der Waals surface area contributed by atoms with Crippen LogP contribution in [0.1, 0.15) is 24.1 Å². The normalized spacial score (nSPS) is 14.4. The lowest BCUT2D eigenvalue weighted by atomic mass is 10.0. The number of nitrogens with zero attached hydrogens (tertiary/aromatic N) is 1. The number of likely N-dealkylation sites (N-methyl/N-ethyl adjacent to an activating group) is 1. The topological polar surface area (TPSA) is 64.6 Å². The molecule has 1 aromatic rings. The van der Waals surface area contributed by atoms with Gasteiger partial charge in [-0.15, -0.1) is 0 Å². The van der Waals surface area contributed by atoms with Gasteiger partial charge in [-0.3, -0.25) is 0 Å². The first-order valence-corrected chi connectivity index (χ1v) is 7.14. The summed E-state index contributed by atoms with van der Waals surface area (Å²) in [4.78, 5) is 13.3. The van der Waals surface area contributed by atoms with Crippen molar-refractivity contribution in [3.63, 3.8) is 0 Å². The quantitative estimate of drug-likeness (QED) is 0.746. The zero-order chi connectivity index (χ0) is 17.6. The Kier molecular flexibility index (Phi) is 6.83. The second kappa shape index (κ2) is 8.16. The highest BCUT2D eigenvalue weighted by Gasteiger charge is 2.31. The number of carbonyl (C=O) groups is 1. The third-order valence-electron chi connectivity index (χ3n) is 3.24. The number of aliphatic hydroxyl groups is 1. The number of benzene rings is 1. The Morgan fingerprint density at radius 2 is 1.87 bits per heavy atom. The van der Waals surface area contributed by atoms with E-state index in [0.717, 1.165) is 12.1 Å². The number of amides is 2. The van der Waals surface area contributed by atoms with E-state index in [9.17, 15) is 18.0 Å². The third kappa shape index (κ3) is 6.45. The van der Waals surface area contributed by atoms with Crippen molar-refractivity contribution in [2.75, 3.05) is 27.2 Å².